The van der Waals surface area contributed by atoms with Gasteiger partial charge in [0.15, 0.2) is 0 Å². The fourth-order valence-corrected chi connectivity index (χ4v) is 3.35. The molecule has 21 heavy (non-hydrogen) atoms. The van der Waals surface area contributed by atoms with Crippen molar-refractivity contribution in [3.63, 3.8) is 0 Å². The molecule has 0 aromatic heterocycles. The lowest BCUT2D eigenvalue weighted by Crippen LogP contribution is -2.39. The molecule has 0 bridgehead atoms. The van der Waals surface area contributed by atoms with Crippen LogP contribution in [0.25, 0.3) is 0 Å². The molecule has 0 radical (unpaired) electrons. The van der Waals surface area contributed by atoms with Gasteiger partial charge in [0, 0.05) is 18.0 Å². The number of nitrogens with one attached hydrogen (secondary N) is 1. The monoisotopic (exact) mass is 289 g/mol. The van der Waals surface area contributed by atoms with Gasteiger partial charge in [0.05, 0.1) is 6.61 Å². The van der Waals surface area contributed by atoms with Gasteiger partial charge in [-0.1, -0.05) is 38.8 Å². The third-order valence-electron chi connectivity index (χ3n) is 4.54. The van der Waals surface area contributed by atoms with Crippen molar-refractivity contribution in [2.45, 2.75) is 70.8 Å². The molecule has 1 aliphatic rings. The van der Waals surface area contributed by atoms with Gasteiger partial charge < -0.3 is 10.1 Å². The molecule has 2 heteroatoms. The average Bonchev–Trinajstić information content (AvgIpc) is 3.31. The summed E-state index contributed by atoms with van der Waals surface area (Å²) >= 11 is 0. The maximum atomic E-state index is 5.59. The van der Waals surface area contributed by atoms with Crippen LogP contribution in [-0.4, -0.2) is 19.2 Å². The third-order valence-corrected chi connectivity index (χ3v) is 4.54. The summed E-state index contributed by atoms with van der Waals surface area (Å²) in [5.74, 6) is 0.985. The van der Waals surface area contributed by atoms with Crippen LogP contribution in [0.5, 0.6) is 5.75 Å². The van der Waals surface area contributed by atoms with Crippen LogP contribution in [0.2, 0.25) is 0 Å². The summed E-state index contributed by atoms with van der Waals surface area (Å²) in [6, 6.07) is 9.61. The molecule has 1 N–H and O–H groups in total. The SMILES string of the molecule is CCCC(CCC)(CNC1CC1)c1ccc(OCC)cc1. The predicted octanol–water partition coefficient (Wildman–Crippen LogP) is 4.68. The molecule has 1 aliphatic carbocycles. The lowest BCUT2D eigenvalue weighted by Gasteiger charge is -2.35. The lowest BCUT2D eigenvalue weighted by atomic mass is 9.73. The van der Waals surface area contributed by atoms with E-state index in [4.69, 9.17) is 4.74 Å². The Balaban J connectivity index is 2.17. The van der Waals surface area contributed by atoms with Crippen molar-refractivity contribution in [3.05, 3.63) is 29.8 Å². The zero-order chi connectivity index (χ0) is 15.1. The zero-order valence-electron chi connectivity index (χ0n) is 14.0. The van der Waals surface area contributed by atoms with Crippen molar-refractivity contribution >= 4 is 0 Å². The molecule has 118 valence electrons. The van der Waals surface area contributed by atoms with Crippen molar-refractivity contribution in [3.8, 4) is 5.75 Å². The summed E-state index contributed by atoms with van der Waals surface area (Å²) in [7, 11) is 0. The molecular weight excluding hydrogens is 258 g/mol. The van der Waals surface area contributed by atoms with E-state index in [9.17, 15) is 0 Å². The van der Waals surface area contributed by atoms with Gasteiger partial charge in [-0.25, -0.2) is 0 Å². The molecule has 0 saturated heterocycles. The smallest absolute Gasteiger partial charge is 0.119 e. The molecule has 0 atom stereocenters. The number of hydrogen-bond acceptors (Lipinski definition) is 2. The Morgan fingerprint density at radius 3 is 2.14 bits per heavy atom. The number of benzene rings is 1. The van der Waals surface area contributed by atoms with Crippen LogP contribution in [-0.2, 0) is 5.41 Å². The van der Waals surface area contributed by atoms with Crippen LogP contribution in [0.4, 0.5) is 0 Å². The lowest BCUT2D eigenvalue weighted by molar-refractivity contribution is 0.329. The predicted molar refractivity (Wildman–Crippen MR) is 90.1 cm³/mol. The number of hydrogen-bond donors (Lipinski definition) is 1. The summed E-state index contributed by atoms with van der Waals surface area (Å²) in [5, 5.41) is 3.77. The summed E-state index contributed by atoms with van der Waals surface area (Å²) < 4.78 is 5.59. The van der Waals surface area contributed by atoms with E-state index in [0.717, 1.165) is 24.9 Å². The second-order valence-corrected chi connectivity index (χ2v) is 6.39. The van der Waals surface area contributed by atoms with Crippen LogP contribution < -0.4 is 10.1 Å². The Morgan fingerprint density at radius 1 is 1.05 bits per heavy atom. The van der Waals surface area contributed by atoms with E-state index in [1.807, 2.05) is 6.92 Å². The van der Waals surface area contributed by atoms with Gasteiger partial charge in [0.2, 0.25) is 0 Å². The Morgan fingerprint density at radius 2 is 1.67 bits per heavy atom. The first-order valence-corrected chi connectivity index (χ1v) is 8.70. The fourth-order valence-electron chi connectivity index (χ4n) is 3.35. The Bertz CT molecular complexity index is 402. The normalized spacial score (nSPS) is 15.2. The van der Waals surface area contributed by atoms with Gasteiger partial charge in [-0.05, 0) is 50.3 Å². The highest BCUT2D eigenvalue weighted by molar-refractivity contribution is 5.33. The molecule has 2 rings (SSSR count). The number of rotatable bonds is 10. The van der Waals surface area contributed by atoms with Crippen LogP contribution in [0.1, 0.15) is 64.9 Å². The molecule has 0 amide bonds. The maximum absolute atomic E-state index is 5.59. The minimum absolute atomic E-state index is 0.289. The van der Waals surface area contributed by atoms with Gasteiger partial charge in [-0.3, -0.25) is 0 Å². The van der Waals surface area contributed by atoms with Crippen LogP contribution in [0.15, 0.2) is 24.3 Å². The highest BCUT2D eigenvalue weighted by Crippen LogP contribution is 2.36. The topological polar surface area (TPSA) is 21.3 Å². The maximum Gasteiger partial charge on any atom is 0.119 e. The standard InChI is InChI=1S/C19H31NO/c1-4-13-19(14-5-2,15-20-17-9-10-17)16-7-11-18(12-8-16)21-6-3/h7-8,11-12,17,20H,4-6,9-10,13-15H2,1-3H3. The minimum atomic E-state index is 0.289. The fraction of sp³-hybridized carbons (Fsp3) is 0.684. The second kappa shape index (κ2) is 7.84. The summed E-state index contributed by atoms with van der Waals surface area (Å²) in [6.45, 7) is 8.49. The summed E-state index contributed by atoms with van der Waals surface area (Å²) in [4.78, 5) is 0. The molecule has 1 fully saturated rings. The van der Waals surface area contributed by atoms with E-state index in [1.165, 1.54) is 44.1 Å². The van der Waals surface area contributed by atoms with E-state index in [-0.39, 0.29) is 5.41 Å². The Hall–Kier alpha value is -1.02. The van der Waals surface area contributed by atoms with E-state index in [2.05, 4.69) is 43.4 Å². The van der Waals surface area contributed by atoms with Gasteiger partial charge in [0.1, 0.15) is 5.75 Å². The first kappa shape index (κ1) is 16.4. The highest BCUT2D eigenvalue weighted by atomic mass is 16.5. The first-order valence-electron chi connectivity index (χ1n) is 8.70. The van der Waals surface area contributed by atoms with E-state index in [1.54, 1.807) is 0 Å². The first-order chi connectivity index (χ1) is 10.2. The van der Waals surface area contributed by atoms with Gasteiger partial charge in [-0.2, -0.15) is 0 Å². The molecule has 0 aliphatic heterocycles. The van der Waals surface area contributed by atoms with Gasteiger partial charge >= 0.3 is 0 Å². The molecule has 1 saturated carbocycles. The van der Waals surface area contributed by atoms with E-state index in [0.29, 0.717) is 0 Å². The molecule has 0 spiro atoms. The van der Waals surface area contributed by atoms with E-state index >= 15 is 0 Å². The summed E-state index contributed by atoms with van der Waals surface area (Å²) in [5.41, 5.74) is 1.76. The molecular formula is C19H31NO. The molecule has 1 aromatic rings. The zero-order valence-corrected chi connectivity index (χ0v) is 14.0. The van der Waals surface area contributed by atoms with Crippen molar-refractivity contribution < 1.29 is 4.74 Å². The molecule has 2 nitrogen and oxygen atoms in total. The quantitative estimate of drug-likeness (QED) is 0.675. The minimum Gasteiger partial charge on any atom is -0.494 e. The third kappa shape index (κ3) is 4.47. The number of ether oxygens (including phenoxy) is 1. The molecule has 0 heterocycles. The Labute approximate surface area is 130 Å². The van der Waals surface area contributed by atoms with Crippen molar-refractivity contribution in [2.75, 3.05) is 13.2 Å². The van der Waals surface area contributed by atoms with Crippen molar-refractivity contribution in [1.82, 2.24) is 5.32 Å². The average molecular weight is 289 g/mol. The summed E-state index contributed by atoms with van der Waals surface area (Å²) in [6.07, 6.45) is 7.71. The second-order valence-electron chi connectivity index (χ2n) is 6.39. The van der Waals surface area contributed by atoms with Crippen molar-refractivity contribution in [2.24, 2.45) is 0 Å². The van der Waals surface area contributed by atoms with Crippen molar-refractivity contribution in [1.29, 1.82) is 0 Å². The van der Waals surface area contributed by atoms with E-state index < -0.39 is 0 Å². The Kier molecular flexibility index (Phi) is 6.10. The highest BCUT2D eigenvalue weighted by Gasteiger charge is 2.32. The van der Waals surface area contributed by atoms with Crippen LogP contribution >= 0.6 is 0 Å². The molecule has 0 unspecified atom stereocenters. The van der Waals surface area contributed by atoms with Crippen LogP contribution in [0, 0.1) is 0 Å². The van der Waals surface area contributed by atoms with Gasteiger partial charge in [-0.15, -0.1) is 0 Å². The van der Waals surface area contributed by atoms with Crippen LogP contribution in [0.3, 0.4) is 0 Å². The molecule has 1 aromatic carbocycles. The van der Waals surface area contributed by atoms with Gasteiger partial charge in [0.25, 0.3) is 0 Å². The largest absolute Gasteiger partial charge is 0.494 e.